The first-order chi connectivity index (χ1) is 7.31. The largest absolute Gasteiger partial charge is 0.441 e. The molecule has 2 aromatic rings. The third kappa shape index (κ3) is 1.98. The van der Waals surface area contributed by atoms with Crippen LogP contribution in [-0.2, 0) is 6.42 Å². The zero-order valence-electron chi connectivity index (χ0n) is 8.51. The Morgan fingerprint density at radius 1 is 1.33 bits per heavy atom. The molecular formula is C11H12N2O2. The molecule has 0 aliphatic carbocycles. The van der Waals surface area contributed by atoms with Crippen LogP contribution in [0.25, 0.3) is 5.69 Å². The number of aryl methyl sites for hydroxylation is 1. The summed E-state index contributed by atoms with van der Waals surface area (Å²) in [5.41, 5.74) is 0.730. The van der Waals surface area contributed by atoms with Crippen molar-refractivity contribution in [2.45, 2.75) is 19.8 Å². The molecule has 0 radical (unpaired) electrons. The first-order valence-electron chi connectivity index (χ1n) is 4.95. The van der Waals surface area contributed by atoms with Crippen LogP contribution in [0, 0.1) is 0 Å². The summed E-state index contributed by atoms with van der Waals surface area (Å²) in [5.74, 6) is 0.0657. The fraction of sp³-hybridized carbons (Fsp3) is 0.273. The second-order valence-corrected chi connectivity index (χ2v) is 3.26. The Morgan fingerprint density at radius 3 is 2.73 bits per heavy atom. The van der Waals surface area contributed by atoms with E-state index in [1.54, 1.807) is 0 Å². The number of aromatic nitrogens is 2. The van der Waals surface area contributed by atoms with Crippen molar-refractivity contribution in [1.29, 1.82) is 0 Å². The molecule has 78 valence electrons. The van der Waals surface area contributed by atoms with Gasteiger partial charge in [0.15, 0.2) is 0 Å². The van der Waals surface area contributed by atoms with E-state index >= 15 is 0 Å². The average molecular weight is 204 g/mol. The Balaban J connectivity index is 2.41. The van der Waals surface area contributed by atoms with E-state index in [1.165, 1.54) is 4.68 Å². The van der Waals surface area contributed by atoms with Gasteiger partial charge in [0.2, 0.25) is 5.89 Å². The molecule has 0 bridgehead atoms. The Morgan fingerprint density at radius 2 is 2.07 bits per heavy atom. The molecule has 1 aromatic carbocycles. The molecule has 0 aliphatic heterocycles. The summed E-state index contributed by atoms with van der Waals surface area (Å²) >= 11 is 0. The van der Waals surface area contributed by atoms with Crippen molar-refractivity contribution < 1.29 is 4.42 Å². The first kappa shape index (κ1) is 9.71. The van der Waals surface area contributed by atoms with Crippen LogP contribution in [0.4, 0.5) is 0 Å². The Labute approximate surface area is 87.2 Å². The first-order valence-corrected chi connectivity index (χ1v) is 4.95. The monoisotopic (exact) mass is 204 g/mol. The summed E-state index contributed by atoms with van der Waals surface area (Å²) in [6.45, 7) is 2.02. The lowest BCUT2D eigenvalue weighted by Gasteiger charge is -1.95. The van der Waals surface area contributed by atoms with Crippen LogP contribution in [0.1, 0.15) is 19.2 Å². The molecule has 0 spiro atoms. The van der Waals surface area contributed by atoms with Crippen molar-refractivity contribution in [3.05, 3.63) is 46.8 Å². The van der Waals surface area contributed by atoms with E-state index in [-0.39, 0.29) is 0 Å². The molecule has 15 heavy (non-hydrogen) atoms. The van der Waals surface area contributed by atoms with Crippen molar-refractivity contribution >= 4 is 0 Å². The molecule has 4 nitrogen and oxygen atoms in total. The maximum absolute atomic E-state index is 11.4. The summed E-state index contributed by atoms with van der Waals surface area (Å²) in [5, 5.41) is 4.11. The minimum Gasteiger partial charge on any atom is -0.392 e. The predicted octanol–water partition coefficient (Wildman–Crippen LogP) is 1.78. The summed E-state index contributed by atoms with van der Waals surface area (Å²) in [7, 11) is 0. The van der Waals surface area contributed by atoms with Crippen LogP contribution < -0.4 is 5.76 Å². The third-order valence-electron chi connectivity index (χ3n) is 2.05. The van der Waals surface area contributed by atoms with Gasteiger partial charge in [-0.05, 0) is 18.6 Å². The van der Waals surface area contributed by atoms with Crippen molar-refractivity contribution in [3.8, 4) is 5.69 Å². The molecular weight excluding hydrogens is 192 g/mol. The predicted molar refractivity (Wildman–Crippen MR) is 56.1 cm³/mol. The highest BCUT2D eigenvalue weighted by atomic mass is 16.4. The topological polar surface area (TPSA) is 48.0 Å². The highest BCUT2D eigenvalue weighted by Gasteiger charge is 2.07. The van der Waals surface area contributed by atoms with E-state index in [2.05, 4.69) is 5.10 Å². The van der Waals surface area contributed by atoms with Gasteiger partial charge >= 0.3 is 5.76 Å². The average Bonchev–Trinajstić information content (AvgIpc) is 2.61. The van der Waals surface area contributed by atoms with Gasteiger partial charge in [-0.3, -0.25) is 0 Å². The number of para-hydroxylation sites is 1. The second kappa shape index (κ2) is 4.13. The Hall–Kier alpha value is -1.84. The van der Waals surface area contributed by atoms with E-state index in [1.807, 2.05) is 37.3 Å². The second-order valence-electron chi connectivity index (χ2n) is 3.26. The molecule has 0 aliphatic rings. The molecule has 0 unspecified atom stereocenters. The molecule has 0 N–H and O–H groups in total. The molecule has 0 saturated carbocycles. The van der Waals surface area contributed by atoms with Crippen molar-refractivity contribution in [2.75, 3.05) is 0 Å². The lowest BCUT2D eigenvalue weighted by molar-refractivity contribution is 0.455. The normalized spacial score (nSPS) is 10.5. The van der Waals surface area contributed by atoms with E-state index in [0.717, 1.165) is 12.1 Å². The van der Waals surface area contributed by atoms with Crippen LogP contribution in [0.3, 0.4) is 0 Å². The molecule has 0 saturated heterocycles. The maximum Gasteiger partial charge on any atom is 0.441 e. The number of benzene rings is 1. The molecule has 4 heteroatoms. The maximum atomic E-state index is 11.4. The van der Waals surface area contributed by atoms with E-state index in [9.17, 15) is 4.79 Å². The fourth-order valence-corrected chi connectivity index (χ4v) is 1.36. The van der Waals surface area contributed by atoms with Crippen LogP contribution >= 0.6 is 0 Å². The van der Waals surface area contributed by atoms with Gasteiger partial charge in [0, 0.05) is 6.42 Å². The summed E-state index contributed by atoms with van der Waals surface area (Å²) < 4.78 is 6.29. The van der Waals surface area contributed by atoms with Crippen molar-refractivity contribution in [1.82, 2.24) is 9.78 Å². The minimum atomic E-state index is -0.426. The number of hydrogen-bond donors (Lipinski definition) is 0. The molecule has 0 atom stereocenters. The highest BCUT2D eigenvalue weighted by molar-refractivity contribution is 5.28. The molecule has 2 rings (SSSR count). The van der Waals surface area contributed by atoms with Gasteiger partial charge < -0.3 is 4.42 Å². The zero-order valence-corrected chi connectivity index (χ0v) is 8.51. The van der Waals surface area contributed by atoms with Crippen LogP contribution in [0.2, 0.25) is 0 Å². The number of nitrogens with zero attached hydrogens (tertiary/aromatic N) is 2. The highest BCUT2D eigenvalue weighted by Crippen LogP contribution is 2.04. The van der Waals surface area contributed by atoms with E-state index in [4.69, 9.17) is 4.42 Å². The minimum absolute atomic E-state index is 0.426. The lowest BCUT2D eigenvalue weighted by Crippen LogP contribution is -2.12. The van der Waals surface area contributed by atoms with Crippen molar-refractivity contribution in [2.24, 2.45) is 0 Å². The van der Waals surface area contributed by atoms with E-state index < -0.39 is 5.76 Å². The van der Waals surface area contributed by atoms with Gasteiger partial charge in [0.05, 0.1) is 5.69 Å². The van der Waals surface area contributed by atoms with Gasteiger partial charge in [-0.2, -0.15) is 4.68 Å². The Bertz CT molecular complexity index is 485. The van der Waals surface area contributed by atoms with Gasteiger partial charge in [-0.1, -0.05) is 25.1 Å². The molecule has 0 fully saturated rings. The van der Waals surface area contributed by atoms with Gasteiger partial charge in [0.25, 0.3) is 0 Å². The van der Waals surface area contributed by atoms with Crippen LogP contribution in [0.5, 0.6) is 0 Å². The van der Waals surface area contributed by atoms with Crippen LogP contribution in [-0.4, -0.2) is 9.78 Å². The number of rotatable bonds is 3. The lowest BCUT2D eigenvalue weighted by atomic mass is 10.3. The molecule has 1 heterocycles. The summed E-state index contributed by atoms with van der Waals surface area (Å²) in [6.07, 6.45) is 1.60. The fourth-order valence-electron chi connectivity index (χ4n) is 1.36. The van der Waals surface area contributed by atoms with Gasteiger partial charge in [-0.25, -0.2) is 4.79 Å². The summed E-state index contributed by atoms with van der Waals surface area (Å²) in [6, 6.07) is 9.24. The van der Waals surface area contributed by atoms with E-state index in [0.29, 0.717) is 12.3 Å². The summed E-state index contributed by atoms with van der Waals surface area (Å²) in [4.78, 5) is 11.4. The van der Waals surface area contributed by atoms with Crippen molar-refractivity contribution in [3.63, 3.8) is 0 Å². The zero-order chi connectivity index (χ0) is 10.7. The van der Waals surface area contributed by atoms with Crippen LogP contribution in [0.15, 0.2) is 39.5 Å². The Kier molecular flexibility index (Phi) is 2.67. The third-order valence-corrected chi connectivity index (χ3v) is 2.05. The van der Waals surface area contributed by atoms with Gasteiger partial charge in [-0.15, -0.1) is 5.10 Å². The standard InChI is InChI=1S/C11H12N2O2/c1-2-6-10-12-13(11(14)15-10)9-7-4-3-5-8-9/h3-5,7-8H,2,6H2,1H3. The number of hydrogen-bond acceptors (Lipinski definition) is 3. The SMILES string of the molecule is CCCc1nn(-c2ccccc2)c(=O)o1. The molecule has 1 aromatic heterocycles. The molecule has 0 amide bonds. The van der Waals surface area contributed by atoms with Gasteiger partial charge in [0.1, 0.15) is 0 Å². The smallest absolute Gasteiger partial charge is 0.392 e. The quantitative estimate of drug-likeness (QED) is 0.765.